The van der Waals surface area contributed by atoms with E-state index in [1.807, 2.05) is 18.7 Å². The minimum atomic E-state index is -4.70. The van der Waals surface area contributed by atoms with E-state index in [9.17, 15) is 14.3 Å². The van der Waals surface area contributed by atoms with Crippen molar-refractivity contribution in [3.63, 3.8) is 0 Å². The van der Waals surface area contributed by atoms with Crippen molar-refractivity contribution in [2.45, 2.75) is 97.2 Å². The van der Waals surface area contributed by atoms with Crippen LogP contribution < -0.4 is 4.74 Å². The lowest BCUT2D eigenvalue weighted by atomic mass is 10.1. The molecule has 0 bridgehead atoms. The number of benzene rings is 1. The zero-order chi connectivity index (χ0) is 25.9. The van der Waals surface area contributed by atoms with Gasteiger partial charge in [-0.1, -0.05) is 57.6 Å². The minimum Gasteiger partial charge on any atom is -0.488 e. The molecule has 0 spiro atoms. The zero-order valence-electron chi connectivity index (χ0n) is 21.3. The van der Waals surface area contributed by atoms with E-state index in [0.717, 1.165) is 19.3 Å². The van der Waals surface area contributed by atoms with Gasteiger partial charge >= 0.3 is 13.3 Å². The van der Waals surface area contributed by atoms with Gasteiger partial charge in [0.2, 0.25) is 0 Å². The molecule has 1 N–H and O–H groups in total. The second kappa shape index (κ2) is 19.4. The smallest absolute Gasteiger partial charge is 0.452 e. The number of halogens is 1. The summed E-state index contributed by atoms with van der Waals surface area (Å²) in [5.41, 5.74) is -1.43. The Morgan fingerprint density at radius 3 is 2.29 bits per heavy atom. The van der Waals surface area contributed by atoms with Crippen molar-refractivity contribution in [2.75, 3.05) is 18.1 Å². The van der Waals surface area contributed by atoms with Crippen molar-refractivity contribution in [3.05, 3.63) is 29.3 Å². The van der Waals surface area contributed by atoms with Crippen LogP contribution in [0, 0.1) is 0 Å². The average molecular weight is 553 g/mol. The summed E-state index contributed by atoms with van der Waals surface area (Å²) in [6.07, 6.45) is 9.14. The molecule has 1 aromatic carbocycles. The fraction of sp³-hybridized carbons (Fsp3) is 0.720. The molecule has 7 nitrogen and oxygen atoms in total. The third kappa shape index (κ3) is 15.2. The minimum absolute atomic E-state index is 0.126. The van der Waals surface area contributed by atoms with Gasteiger partial charge in [0.1, 0.15) is 18.0 Å². The zero-order valence-corrected chi connectivity index (χ0v) is 23.8. The number of hydrogen-bond acceptors (Lipinski definition) is 7. The Labute approximate surface area is 220 Å². The first-order valence-corrected chi connectivity index (χ1v) is 15.8. The van der Waals surface area contributed by atoms with Crippen LogP contribution in [-0.4, -0.2) is 40.9 Å². The van der Waals surface area contributed by atoms with Gasteiger partial charge in [0.05, 0.1) is 6.61 Å². The van der Waals surface area contributed by atoms with Crippen molar-refractivity contribution in [1.29, 1.82) is 0 Å². The van der Waals surface area contributed by atoms with Gasteiger partial charge in [0.15, 0.2) is 0 Å². The standard InChI is InChI=1S/C25H42ClO7PS/c1-4-6-11-19-35-20-12-9-7-8-10-13-24(31-23-16-14-22(26)15-17-23)21(3)33-34(28,29)25(27)32-30-18-5-2/h14-17,21,24H,4-13,18-20H2,1-3H3,(H,28,29). The maximum absolute atomic E-state index is 12.4. The van der Waals surface area contributed by atoms with Crippen molar-refractivity contribution in [1.82, 2.24) is 0 Å². The molecule has 202 valence electrons. The van der Waals surface area contributed by atoms with Gasteiger partial charge in [-0.2, -0.15) is 16.6 Å². The fourth-order valence-corrected chi connectivity index (χ4v) is 5.24. The van der Waals surface area contributed by atoms with Gasteiger partial charge < -0.3 is 9.63 Å². The predicted molar refractivity (Wildman–Crippen MR) is 144 cm³/mol. The highest BCUT2D eigenvalue weighted by molar-refractivity contribution is 7.99. The van der Waals surface area contributed by atoms with Crippen molar-refractivity contribution in [3.8, 4) is 5.75 Å². The quantitative estimate of drug-likeness (QED) is 0.0703. The molecule has 1 aromatic rings. The highest BCUT2D eigenvalue weighted by Gasteiger charge is 2.38. The van der Waals surface area contributed by atoms with Gasteiger partial charge in [0, 0.05) is 5.02 Å². The first kappa shape index (κ1) is 32.3. The molecule has 0 heterocycles. The maximum Gasteiger partial charge on any atom is 0.452 e. The van der Waals surface area contributed by atoms with Crippen LogP contribution in [0.2, 0.25) is 5.02 Å². The number of carbonyl (C=O) groups is 1. The van der Waals surface area contributed by atoms with Crippen molar-refractivity contribution < 1.29 is 33.3 Å². The summed E-state index contributed by atoms with van der Waals surface area (Å²) in [6.45, 7) is 5.78. The lowest BCUT2D eigenvalue weighted by Crippen LogP contribution is -2.32. The number of hydrogen-bond donors (Lipinski definition) is 1. The van der Waals surface area contributed by atoms with Crippen LogP contribution in [0.15, 0.2) is 24.3 Å². The summed E-state index contributed by atoms with van der Waals surface area (Å²) >= 11 is 7.99. The Morgan fingerprint density at radius 2 is 1.63 bits per heavy atom. The molecule has 0 fully saturated rings. The molecule has 0 saturated heterocycles. The molecule has 0 aliphatic carbocycles. The van der Waals surface area contributed by atoms with Crippen molar-refractivity contribution >= 4 is 36.7 Å². The average Bonchev–Trinajstić information content (AvgIpc) is 2.82. The number of unbranched alkanes of at least 4 members (excludes halogenated alkanes) is 6. The van der Waals surface area contributed by atoms with Crippen LogP contribution >= 0.6 is 31.0 Å². The molecule has 0 aromatic heterocycles. The van der Waals surface area contributed by atoms with E-state index in [1.165, 1.54) is 43.6 Å². The van der Waals surface area contributed by atoms with Gasteiger partial charge in [-0.25, -0.2) is 9.36 Å². The third-order valence-electron chi connectivity index (χ3n) is 5.25. The Morgan fingerprint density at radius 1 is 1.00 bits per heavy atom. The van der Waals surface area contributed by atoms with E-state index in [2.05, 4.69) is 16.7 Å². The van der Waals surface area contributed by atoms with E-state index in [0.29, 0.717) is 23.6 Å². The van der Waals surface area contributed by atoms with Crippen LogP contribution in [0.5, 0.6) is 5.75 Å². The van der Waals surface area contributed by atoms with Crippen LogP contribution in [0.1, 0.15) is 85.0 Å². The largest absolute Gasteiger partial charge is 0.488 e. The molecule has 1 rings (SSSR count). The molecular formula is C25H42ClO7PS. The van der Waals surface area contributed by atoms with E-state index >= 15 is 0 Å². The number of thioether (sulfide) groups is 1. The number of ether oxygens (including phenoxy) is 1. The lowest BCUT2D eigenvalue weighted by molar-refractivity contribution is -0.231. The van der Waals surface area contributed by atoms with Gasteiger partial charge in [-0.15, -0.1) is 0 Å². The molecule has 3 atom stereocenters. The highest BCUT2D eigenvalue weighted by Crippen LogP contribution is 2.46. The van der Waals surface area contributed by atoms with Crippen LogP contribution in [0.4, 0.5) is 4.79 Å². The van der Waals surface area contributed by atoms with Gasteiger partial charge in [-0.05, 0) is 74.8 Å². The predicted octanol–water partition coefficient (Wildman–Crippen LogP) is 8.42. The van der Waals surface area contributed by atoms with Crippen LogP contribution in [-0.2, 0) is 18.9 Å². The Bertz CT molecular complexity index is 735. The van der Waals surface area contributed by atoms with Gasteiger partial charge in [-0.3, -0.25) is 9.41 Å². The molecule has 10 heteroatoms. The summed E-state index contributed by atoms with van der Waals surface area (Å²) in [5, 5.41) is 0.580. The van der Waals surface area contributed by atoms with Crippen molar-refractivity contribution in [2.24, 2.45) is 0 Å². The number of carbonyl (C=O) groups excluding carboxylic acids is 1. The summed E-state index contributed by atoms with van der Waals surface area (Å²) < 4.78 is 23.7. The molecule has 0 amide bonds. The summed E-state index contributed by atoms with van der Waals surface area (Å²) in [7, 11) is -4.70. The second-order valence-electron chi connectivity index (χ2n) is 8.49. The summed E-state index contributed by atoms with van der Waals surface area (Å²) in [6, 6.07) is 6.87. The molecule has 35 heavy (non-hydrogen) atoms. The lowest BCUT2D eigenvalue weighted by Gasteiger charge is -2.26. The Hall–Kier alpha value is -0.760. The summed E-state index contributed by atoms with van der Waals surface area (Å²) in [4.78, 5) is 31.0. The van der Waals surface area contributed by atoms with E-state index in [1.54, 1.807) is 31.2 Å². The van der Waals surface area contributed by atoms with E-state index < -0.39 is 25.5 Å². The fourth-order valence-electron chi connectivity index (χ4n) is 3.27. The third-order valence-corrected chi connectivity index (χ3v) is 7.81. The molecule has 0 aliphatic rings. The summed E-state index contributed by atoms with van der Waals surface area (Å²) in [5.74, 6) is 3.03. The molecular weight excluding hydrogens is 511 g/mol. The monoisotopic (exact) mass is 552 g/mol. The molecule has 0 saturated carbocycles. The second-order valence-corrected chi connectivity index (χ2v) is 11.8. The van der Waals surface area contributed by atoms with Crippen LogP contribution in [0.3, 0.4) is 0 Å². The first-order chi connectivity index (χ1) is 16.8. The van der Waals surface area contributed by atoms with Gasteiger partial charge in [0.25, 0.3) is 0 Å². The Balaban J connectivity index is 2.52. The number of rotatable bonds is 21. The van der Waals surface area contributed by atoms with E-state index in [-0.39, 0.29) is 6.61 Å². The first-order valence-electron chi connectivity index (χ1n) is 12.6. The molecule has 3 unspecified atom stereocenters. The van der Waals surface area contributed by atoms with E-state index in [4.69, 9.17) is 20.9 Å². The topological polar surface area (TPSA) is 91.3 Å². The highest BCUT2D eigenvalue weighted by atomic mass is 35.5. The molecule has 0 radical (unpaired) electrons. The SMILES string of the molecule is CCCCCSCCCCCCCC(Oc1ccc(Cl)cc1)C(C)OP(=O)(O)C(=O)OOCCC. The maximum atomic E-state index is 12.4. The Kier molecular flexibility index (Phi) is 17.9. The molecule has 0 aliphatic heterocycles. The normalized spacial score (nSPS) is 14.8. The van der Waals surface area contributed by atoms with Crippen LogP contribution in [0.25, 0.3) is 0 Å².